The summed E-state index contributed by atoms with van der Waals surface area (Å²) in [5, 5.41) is 14.1. The molecule has 316 valence electrons. The lowest BCUT2D eigenvalue weighted by molar-refractivity contribution is 0.104. The second-order valence-electron chi connectivity index (χ2n) is 17.6. The molecule has 0 aromatic heterocycles. The monoisotopic (exact) mass is 870 g/mol. The molecule has 1 nitrogen and oxygen atoms in total. The molecule has 0 spiro atoms. The summed E-state index contributed by atoms with van der Waals surface area (Å²) in [7, 11) is 0. The highest BCUT2D eigenvalue weighted by Crippen LogP contribution is 2.39. The highest BCUT2D eigenvalue weighted by atomic mass is 16.1. The first kappa shape index (κ1) is 39.8. The van der Waals surface area contributed by atoms with Gasteiger partial charge in [0.1, 0.15) is 5.57 Å². The Morgan fingerprint density at radius 2 is 0.870 bits per heavy atom. The number of rotatable bonds is 2. The predicted octanol–water partition coefficient (Wildman–Crippen LogP) is 14.5. The second-order valence-corrected chi connectivity index (χ2v) is 17.6. The normalized spacial score (nSPS) is 12.6. The summed E-state index contributed by atoms with van der Waals surface area (Å²) in [6.45, 7) is 0. The Kier molecular flexibility index (Phi) is 9.49. The van der Waals surface area contributed by atoms with Gasteiger partial charge in [-0.25, -0.2) is 0 Å². The van der Waals surface area contributed by atoms with Crippen LogP contribution in [0.25, 0.3) is 81.7 Å². The first-order chi connectivity index (χ1) is 34.2. The van der Waals surface area contributed by atoms with E-state index in [-0.39, 0.29) is 5.78 Å². The lowest BCUT2D eigenvalue weighted by atomic mass is 9.82. The van der Waals surface area contributed by atoms with Crippen molar-refractivity contribution in [1.29, 1.82) is 0 Å². The Balaban J connectivity index is 0.922. The number of fused-ring (bicyclic) bond motifs is 8. The molecule has 1 heteroatoms. The molecule has 13 rings (SSSR count). The Morgan fingerprint density at radius 3 is 1.41 bits per heavy atom. The van der Waals surface area contributed by atoms with Crippen LogP contribution >= 0.6 is 0 Å². The molecule has 2 aliphatic rings. The van der Waals surface area contributed by atoms with E-state index in [0.29, 0.717) is 5.56 Å². The molecule has 0 fully saturated rings. The summed E-state index contributed by atoms with van der Waals surface area (Å²) < 4.78 is 0. The molecule has 11 aromatic carbocycles. The highest BCUT2D eigenvalue weighted by molar-refractivity contribution is 6.32. The number of allylic oxidation sites excluding steroid dienone is 5. The summed E-state index contributed by atoms with van der Waals surface area (Å²) in [4.78, 5) is 15.2. The van der Waals surface area contributed by atoms with Crippen molar-refractivity contribution < 1.29 is 4.79 Å². The average Bonchev–Trinajstić information content (AvgIpc) is 3.41. The number of carbonyl (C=O) groups is 1. The van der Waals surface area contributed by atoms with E-state index in [2.05, 4.69) is 200 Å². The molecule has 0 atom stereocenters. The van der Waals surface area contributed by atoms with Crippen molar-refractivity contribution in [1.82, 2.24) is 0 Å². The molecule has 0 unspecified atom stereocenters. The Morgan fingerprint density at radius 1 is 0.420 bits per heavy atom. The molecule has 0 aliphatic heterocycles. The van der Waals surface area contributed by atoms with E-state index < -0.39 is 0 Å². The van der Waals surface area contributed by atoms with Crippen molar-refractivity contribution in [2.45, 2.75) is 0 Å². The van der Waals surface area contributed by atoms with Crippen LogP contribution in [0.15, 0.2) is 235 Å². The molecule has 0 bridgehead atoms. The fourth-order valence-electron chi connectivity index (χ4n) is 10.5. The smallest absolute Gasteiger partial charge is 0.195 e. The first-order valence-electron chi connectivity index (χ1n) is 23.3. The van der Waals surface area contributed by atoms with Gasteiger partial charge in [0.2, 0.25) is 0 Å². The summed E-state index contributed by atoms with van der Waals surface area (Å²) in [5.74, 6) is 7.06. The van der Waals surface area contributed by atoms with Crippen molar-refractivity contribution in [3.63, 3.8) is 0 Å². The number of carbonyl (C=O) groups excluding carboxylic acids is 1. The Bertz CT molecular complexity index is 4230. The van der Waals surface area contributed by atoms with Crippen LogP contribution in [0.3, 0.4) is 0 Å². The molecule has 0 radical (unpaired) electrons. The first-order valence-corrected chi connectivity index (χ1v) is 23.3. The second kappa shape index (κ2) is 16.4. The molecule has 2 aliphatic carbocycles. The van der Waals surface area contributed by atoms with Gasteiger partial charge in [0.05, 0.1) is 22.3 Å². The van der Waals surface area contributed by atoms with Crippen LogP contribution in [0.4, 0.5) is 0 Å². The minimum atomic E-state index is 0.00913. The van der Waals surface area contributed by atoms with Gasteiger partial charge in [-0.1, -0.05) is 163 Å². The SMILES string of the molecule is O=C(c1c2ccccc2cc2ccccc12)c1c2ccccc2c(C#CC2=C[CH-]C(=C=C=c3c4ccccc4c(=C=C4c5ccccc5[CH+]c5ccccc54)c4ccccc34)C=C2)c2ccccc12. The fraction of sp³-hybridized carbons (Fsp3) is 0. The van der Waals surface area contributed by atoms with Gasteiger partial charge in [0, 0.05) is 45.7 Å². The van der Waals surface area contributed by atoms with Gasteiger partial charge in [-0.15, -0.1) is 41.9 Å². The zero-order valence-corrected chi connectivity index (χ0v) is 37.3. The van der Waals surface area contributed by atoms with Gasteiger partial charge in [-0.3, -0.25) is 4.79 Å². The van der Waals surface area contributed by atoms with E-state index in [1.807, 2.05) is 60.7 Å². The zero-order valence-electron chi connectivity index (χ0n) is 37.3. The van der Waals surface area contributed by atoms with E-state index in [4.69, 9.17) is 0 Å². The third-order valence-corrected chi connectivity index (χ3v) is 13.7. The van der Waals surface area contributed by atoms with Crippen LogP contribution in [0.5, 0.6) is 0 Å². The highest BCUT2D eigenvalue weighted by Gasteiger charge is 2.27. The molecule has 0 amide bonds. The minimum Gasteiger partial charge on any atom is -0.289 e. The number of benzene rings is 11. The predicted molar refractivity (Wildman–Crippen MR) is 287 cm³/mol. The third-order valence-electron chi connectivity index (χ3n) is 13.7. The molecular weight excluding hydrogens is 833 g/mol. The van der Waals surface area contributed by atoms with E-state index in [9.17, 15) is 0 Å². The van der Waals surface area contributed by atoms with Gasteiger partial charge in [0.15, 0.2) is 5.78 Å². The molecule has 0 heterocycles. The van der Waals surface area contributed by atoms with Crippen molar-refractivity contribution in [3.8, 4) is 11.8 Å². The molecule has 0 N–H and O–H groups in total. The van der Waals surface area contributed by atoms with Crippen LogP contribution < -0.4 is 10.4 Å². The molecular formula is C68H38O. The summed E-state index contributed by atoms with van der Waals surface area (Å²) >= 11 is 0. The summed E-state index contributed by atoms with van der Waals surface area (Å²) in [6, 6.07) is 69.2. The number of hydrogen-bond acceptors (Lipinski definition) is 1. The van der Waals surface area contributed by atoms with E-state index in [0.717, 1.165) is 103 Å². The third kappa shape index (κ3) is 6.74. The molecule has 0 saturated heterocycles. The maximum Gasteiger partial charge on any atom is 0.195 e. The largest absolute Gasteiger partial charge is 0.289 e. The molecule has 0 saturated carbocycles. The van der Waals surface area contributed by atoms with Gasteiger partial charge >= 0.3 is 0 Å². The molecule has 11 aromatic rings. The Labute approximate surface area is 399 Å². The average molecular weight is 871 g/mol. The maximum atomic E-state index is 15.2. The van der Waals surface area contributed by atoms with Gasteiger partial charge in [-0.05, 0) is 107 Å². The van der Waals surface area contributed by atoms with E-state index in [1.165, 1.54) is 22.3 Å². The van der Waals surface area contributed by atoms with Gasteiger partial charge in [-0.2, -0.15) is 5.73 Å². The fourth-order valence-corrected chi connectivity index (χ4v) is 10.5. The van der Waals surface area contributed by atoms with Crippen LogP contribution in [-0.2, 0) is 0 Å². The van der Waals surface area contributed by atoms with Crippen molar-refractivity contribution in [3.05, 3.63) is 298 Å². The van der Waals surface area contributed by atoms with Crippen molar-refractivity contribution in [2.24, 2.45) is 0 Å². The van der Waals surface area contributed by atoms with Crippen LogP contribution in [0, 0.1) is 24.7 Å². The van der Waals surface area contributed by atoms with Crippen LogP contribution in [0.2, 0.25) is 0 Å². The van der Waals surface area contributed by atoms with Crippen molar-refractivity contribution >= 4 is 87.5 Å². The van der Waals surface area contributed by atoms with E-state index >= 15 is 4.79 Å². The Hall–Kier alpha value is -9.49. The van der Waals surface area contributed by atoms with Gasteiger partial charge < -0.3 is 0 Å². The van der Waals surface area contributed by atoms with Crippen molar-refractivity contribution in [2.75, 3.05) is 0 Å². The summed E-state index contributed by atoms with van der Waals surface area (Å²) in [6.07, 6.45) is 10.5. The lowest BCUT2D eigenvalue weighted by Crippen LogP contribution is -2.14. The topological polar surface area (TPSA) is 17.1 Å². The van der Waals surface area contributed by atoms with E-state index in [1.54, 1.807) is 0 Å². The standard InChI is InChI=1S/C68H38O/c69-68(66-52-23-7-3-19-48(52)42-49-20-4-8-24-53(49)66)67-62-31-15-13-27-56(62)61(57-28-14-16-32-63(57)67)40-38-45-35-33-44(34-36-45)37-39-60-54-25-9-11-29-58(54)65(59-30-12-10-26-55(59)60)43-64-50-21-5-1-17-46(50)41-47-18-2-6-22-51(47)64/h1-36,41-42H. The maximum absolute atomic E-state index is 15.2. The molecule has 69 heavy (non-hydrogen) atoms. The van der Waals surface area contributed by atoms with Gasteiger partial charge in [0.25, 0.3) is 0 Å². The number of ketones is 1. The zero-order chi connectivity index (χ0) is 45.8. The lowest BCUT2D eigenvalue weighted by Gasteiger charge is -2.16. The minimum absolute atomic E-state index is 0.00913. The summed E-state index contributed by atoms with van der Waals surface area (Å²) in [5.41, 5.74) is 21.1. The number of hydrogen-bond donors (Lipinski definition) is 0. The quantitative estimate of drug-likeness (QED) is 0.0556. The van der Waals surface area contributed by atoms with Crippen LogP contribution in [-0.4, -0.2) is 5.78 Å². The van der Waals surface area contributed by atoms with Crippen LogP contribution in [0.1, 0.15) is 43.7 Å².